The number of rotatable bonds is 8. The number of aliphatic imine (C=N–C) groups is 1. The highest BCUT2D eigenvalue weighted by atomic mass is 127. The van der Waals surface area contributed by atoms with Crippen molar-refractivity contribution in [2.24, 2.45) is 4.99 Å². The van der Waals surface area contributed by atoms with Gasteiger partial charge in [-0.25, -0.2) is 4.99 Å². The molecule has 0 saturated heterocycles. The number of likely N-dealkylation sites (N-methyl/N-ethyl adjacent to an activating group) is 1. The second-order valence-corrected chi connectivity index (χ2v) is 7.88. The molecule has 1 aromatic rings. The maximum Gasteiger partial charge on any atom is 0.243 e. The first-order valence-electron chi connectivity index (χ1n) is 8.45. The third-order valence-electron chi connectivity index (χ3n) is 4.36. The first-order valence-corrected chi connectivity index (χ1v) is 10.2. The van der Waals surface area contributed by atoms with Crippen LogP contribution in [-0.2, 0) is 10.2 Å². The Bertz CT molecular complexity index is 623. The number of nitrogens with one attached hydrogen (secondary N) is 2. The van der Waals surface area contributed by atoms with Gasteiger partial charge in [0.05, 0.1) is 0 Å². The second kappa shape index (κ2) is 11.2. The van der Waals surface area contributed by atoms with Crippen molar-refractivity contribution in [2.75, 3.05) is 45.7 Å². The molecule has 0 atom stereocenters. The van der Waals surface area contributed by atoms with Gasteiger partial charge in [-0.2, -0.15) is 11.8 Å². The van der Waals surface area contributed by atoms with Crippen LogP contribution in [0, 0.1) is 0 Å². The zero-order valence-electron chi connectivity index (χ0n) is 15.5. The molecule has 0 aromatic heterocycles. The summed E-state index contributed by atoms with van der Waals surface area (Å²) in [6.07, 6.45) is 4.29. The summed E-state index contributed by atoms with van der Waals surface area (Å²) in [7, 11) is 3.48. The van der Waals surface area contributed by atoms with Crippen molar-refractivity contribution < 1.29 is 4.79 Å². The van der Waals surface area contributed by atoms with Crippen LogP contribution in [0.15, 0.2) is 29.3 Å². The highest BCUT2D eigenvalue weighted by Gasteiger charge is 2.45. The van der Waals surface area contributed by atoms with Gasteiger partial charge in [-0.3, -0.25) is 4.79 Å². The second-order valence-electron chi connectivity index (χ2n) is 6.49. The van der Waals surface area contributed by atoms with Gasteiger partial charge in [0.1, 0.15) is 6.54 Å². The SMILES string of the molecule is CSCCNC(=NCC(=O)N(C)C)NCC1(c2ccccc2Cl)CC1.I. The van der Waals surface area contributed by atoms with E-state index < -0.39 is 0 Å². The average molecular weight is 511 g/mol. The lowest BCUT2D eigenvalue weighted by molar-refractivity contribution is -0.127. The van der Waals surface area contributed by atoms with Crippen molar-refractivity contribution in [3.05, 3.63) is 34.9 Å². The molecule has 1 amide bonds. The Hall–Kier alpha value is -0.670. The van der Waals surface area contributed by atoms with E-state index in [-0.39, 0.29) is 41.8 Å². The molecule has 1 aromatic carbocycles. The number of amides is 1. The van der Waals surface area contributed by atoms with Gasteiger partial charge in [-0.15, -0.1) is 24.0 Å². The molecule has 1 aliphatic carbocycles. The van der Waals surface area contributed by atoms with Gasteiger partial charge in [0.2, 0.25) is 5.91 Å². The van der Waals surface area contributed by atoms with Crippen molar-refractivity contribution in [2.45, 2.75) is 18.3 Å². The fourth-order valence-electron chi connectivity index (χ4n) is 2.57. The van der Waals surface area contributed by atoms with Crippen LogP contribution in [0.3, 0.4) is 0 Å². The summed E-state index contributed by atoms with van der Waals surface area (Å²) < 4.78 is 0. The quantitative estimate of drug-likeness (QED) is 0.244. The molecule has 8 heteroatoms. The lowest BCUT2D eigenvalue weighted by Crippen LogP contribution is -2.43. The summed E-state index contributed by atoms with van der Waals surface area (Å²) in [5.41, 5.74) is 1.27. The minimum absolute atomic E-state index is 0. The maximum absolute atomic E-state index is 11.8. The summed E-state index contributed by atoms with van der Waals surface area (Å²) in [5, 5.41) is 7.52. The van der Waals surface area contributed by atoms with Crippen LogP contribution in [0.1, 0.15) is 18.4 Å². The topological polar surface area (TPSA) is 56.7 Å². The first-order chi connectivity index (χ1) is 12.0. The molecule has 1 aliphatic rings. The van der Waals surface area contributed by atoms with Crippen molar-refractivity contribution in [1.29, 1.82) is 0 Å². The molecule has 0 spiro atoms. The highest BCUT2D eigenvalue weighted by molar-refractivity contribution is 14.0. The fraction of sp³-hybridized carbons (Fsp3) is 0.556. The minimum Gasteiger partial charge on any atom is -0.356 e. The Labute approximate surface area is 182 Å². The van der Waals surface area contributed by atoms with Crippen LogP contribution in [0.2, 0.25) is 5.02 Å². The summed E-state index contributed by atoms with van der Waals surface area (Å²) in [4.78, 5) is 17.8. The largest absolute Gasteiger partial charge is 0.356 e. The van der Waals surface area contributed by atoms with E-state index in [2.05, 4.69) is 27.9 Å². The van der Waals surface area contributed by atoms with Gasteiger partial charge < -0.3 is 15.5 Å². The van der Waals surface area contributed by atoms with Gasteiger partial charge in [0, 0.05) is 43.4 Å². The number of hydrogen-bond acceptors (Lipinski definition) is 3. The molecular formula is C18H28ClIN4OS. The van der Waals surface area contributed by atoms with E-state index in [1.54, 1.807) is 30.8 Å². The smallest absolute Gasteiger partial charge is 0.243 e. The molecule has 1 saturated carbocycles. The lowest BCUT2D eigenvalue weighted by Gasteiger charge is -2.20. The number of benzene rings is 1. The maximum atomic E-state index is 11.8. The zero-order chi connectivity index (χ0) is 18.3. The predicted octanol–water partition coefficient (Wildman–Crippen LogP) is 2.98. The molecule has 0 heterocycles. The van der Waals surface area contributed by atoms with Crippen LogP contribution < -0.4 is 10.6 Å². The van der Waals surface area contributed by atoms with E-state index >= 15 is 0 Å². The molecule has 2 rings (SSSR count). The standard InChI is InChI=1S/C18H27ClN4OS.HI/c1-23(2)16(24)12-21-17(20-10-11-25-3)22-13-18(8-9-18)14-6-4-5-7-15(14)19;/h4-7H,8-13H2,1-3H3,(H2,20,21,22);1H. The van der Waals surface area contributed by atoms with Gasteiger partial charge in [-0.05, 0) is 30.7 Å². The number of halogens is 2. The molecule has 0 unspecified atom stereocenters. The van der Waals surface area contributed by atoms with E-state index in [9.17, 15) is 4.79 Å². The van der Waals surface area contributed by atoms with Crippen LogP contribution >= 0.6 is 47.3 Å². The van der Waals surface area contributed by atoms with E-state index in [4.69, 9.17) is 11.6 Å². The van der Waals surface area contributed by atoms with Gasteiger partial charge in [-0.1, -0.05) is 29.8 Å². The third kappa shape index (κ3) is 6.81. The number of nitrogens with zero attached hydrogens (tertiary/aromatic N) is 2. The number of hydrogen-bond donors (Lipinski definition) is 2. The Kier molecular flexibility index (Phi) is 10.1. The molecule has 0 bridgehead atoms. The third-order valence-corrected chi connectivity index (χ3v) is 5.30. The molecule has 1 fully saturated rings. The van der Waals surface area contributed by atoms with Crippen molar-refractivity contribution in [3.8, 4) is 0 Å². The van der Waals surface area contributed by atoms with E-state index in [1.165, 1.54) is 5.56 Å². The Morgan fingerprint density at radius 1 is 1.31 bits per heavy atom. The van der Waals surface area contributed by atoms with E-state index in [0.717, 1.165) is 36.7 Å². The van der Waals surface area contributed by atoms with Crippen LogP contribution in [-0.4, -0.2) is 62.5 Å². The highest BCUT2D eigenvalue weighted by Crippen LogP contribution is 2.49. The van der Waals surface area contributed by atoms with Crippen LogP contribution in [0.25, 0.3) is 0 Å². The van der Waals surface area contributed by atoms with Crippen molar-refractivity contribution in [3.63, 3.8) is 0 Å². The first kappa shape index (κ1) is 23.4. The summed E-state index contributed by atoms with van der Waals surface area (Å²) >= 11 is 8.15. The monoisotopic (exact) mass is 510 g/mol. The number of guanidine groups is 1. The van der Waals surface area contributed by atoms with Crippen molar-refractivity contribution in [1.82, 2.24) is 15.5 Å². The average Bonchev–Trinajstić information content (AvgIpc) is 3.38. The summed E-state index contributed by atoms with van der Waals surface area (Å²) in [6.45, 7) is 1.71. The zero-order valence-corrected chi connectivity index (χ0v) is 19.5. The van der Waals surface area contributed by atoms with Crippen LogP contribution in [0.4, 0.5) is 0 Å². The molecule has 2 N–H and O–H groups in total. The molecule has 0 aliphatic heterocycles. The van der Waals surface area contributed by atoms with E-state index in [1.807, 2.05) is 18.2 Å². The normalized spacial score (nSPS) is 15.0. The van der Waals surface area contributed by atoms with Crippen molar-refractivity contribution >= 4 is 59.2 Å². The Morgan fingerprint density at radius 3 is 2.58 bits per heavy atom. The summed E-state index contributed by atoms with van der Waals surface area (Å²) in [5.74, 6) is 1.65. The minimum atomic E-state index is -0.0156. The molecule has 0 radical (unpaired) electrons. The van der Waals surface area contributed by atoms with Gasteiger partial charge in [0.25, 0.3) is 0 Å². The molecule has 146 valence electrons. The number of thioether (sulfide) groups is 1. The molecule has 5 nitrogen and oxygen atoms in total. The fourth-order valence-corrected chi connectivity index (χ4v) is 3.21. The van der Waals surface area contributed by atoms with E-state index in [0.29, 0.717) is 5.96 Å². The number of carbonyl (C=O) groups excluding carboxylic acids is 1. The summed E-state index contributed by atoms with van der Waals surface area (Å²) in [6, 6.07) is 8.03. The number of carbonyl (C=O) groups is 1. The van der Waals surface area contributed by atoms with Crippen LogP contribution in [0.5, 0.6) is 0 Å². The molecular weight excluding hydrogens is 483 g/mol. The predicted molar refractivity (Wildman–Crippen MR) is 123 cm³/mol. The van der Waals surface area contributed by atoms with Gasteiger partial charge in [0.15, 0.2) is 5.96 Å². The van der Waals surface area contributed by atoms with Gasteiger partial charge >= 0.3 is 0 Å². The Morgan fingerprint density at radius 2 is 2.00 bits per heavy atom. The molecule has 26 heavy (non-hydrogen) atoms. The Balaban J connectivity index is 0.00000338. The lowest BCUT2D eigenvalue weighted by atomic mass is 9.96.